The molecule has 126 valence electrons. The van der Waals surface area contributed by atoms with Crippen molar-refractivity contribution in [2.75, 3.05) is 31.6 Å². The molecule has 0 radical (unpaired) electrons. The van der Waals surface area contributed by atoms with E-state index < -0.39 is 11.8 Å². The van der Waals surface area contributed by atoms with Gasteiger partial charge >= 0.3 is 11.8 Å². The normalized spacial score (nSPS) is 20.1. The number of likely N-dealkylation sites (N-methyl/N-ethyl adjacent to an activating group) is 1. The van der Waals surface area contributed by atoms with Crippen LogP contribution in [0.25, 0.3) is 0 Å². The molecule has 1 aliphatic rings. The molecule has 3 N–H and O–H groups in total. The predicted molar refractivity (Wildman–Crippen MR) is 88.6 cm³/mol. The van der Waals surface area contributed by atoms with Crippen LogP contribution in [-0.4, -0.2) is 44.1 Å². The summed E-state index contributed by atoms with van der Waals surface area (Å²) in [7, 11) is 0. The molecule has 2 rings (SSSR count). The van der Waals surface area contributed by atoms with Crippen LogP contribution in [0.2, 0.25) is 0 Å². The van der Waals surface area contributed by atoms with Gasteiger partial charge in [-0.1, -0.05) is 12.1 Å². The van der Waals surface area contributed by atoms with E-state index in [0.29, 0.717) is 30.6 Å². The summed E-state index contributed by atoms with van der Waals surface area (Å²) in [5.41, 5.74) is 0.510. The SMILES string of the molecule is CCOc1ccccc1NC(=O)C(=O)NC[C@@H]1CCC[NH+]1CC. The maximum absolute atomic E-state index is 12.0. The summed E-state index contributed by atoms with van der Waals surface area (Å²) < 4.78 is 5.44. The van der Waals surface area contributed by atoms with Gasteiger partial charge in [0.1, 0.15) is 11.8 Å². The molecule has 2 amide bonds. The van der Waals surface area contributed by atoms with Crippen molar-refractivity contribution in [2.45, 2.75) is 32.7 Å². The zero-order valence-corrected chi connectivity index (χ0v) is 13.9. The van der Waals surface area contributed by atoms with Crippen molar-refractivity contribution >= 4 is 17.5 Å². The van der Waals surface area contributed by atoms with Gasteiger partial charge in [0.25, 0.3) is 0 Å². The number of nitrogens with one attached hydrogen (secondary N) is 3. The van der Waals surface area contributed by atoms with E-state index in [4.69, 9.17) is 4.74 Å². The van der Waals surface area contributed by atoms with Gasteiger partial charge in [0, 0.05) is 12.8 Å². The summed E-state index contributed by atoms with van der Waals surface area (Å²) in [6.45, 7) is 7.25. The van der Waals surface area contributed by atoms with Crippen LogP contribution in [0.15, 0.2) is 24.3 Å². The Morgan fingerprint density at radius 3 is 2.78 bits per heavy atom. The molecule has 2 atom stereocenters. The Bertz CT molecular complexity index is 548. The van der Waals surface area contributed by atoms with Gasteiger partial charge in [0.05, 0.1) is 31.9 Å². The number of carbonyl (C=O) groups is 2. The molecule has 0 saturated carbocycles. The van der Waals surface area contributed by atoms with Gasteiger partial charge in [-0.15, -0.1) is 0 Å². The fraction of sp³-hybridized carbons (Fsp3) is 0.529. The first-order valence-corrected chi connectivity index (χ1v) is 8.31. The number of rotatable bonds is 6. The van der Waals surface area contributed by atoms with Crippen LogP contribution in [0.1, 0.15) is 26.7 Å². The zero-order chi connectivity index (χ0) is 16.7. The van der Waals surface area contributed by atoms with Crippen molar-refractivity contribution in [3.05, 3.63) is 24.3 Å². The first-order valence-electron chi connectivity index (χ1n) is 8.31. The average molecular weight is 320 g/mol. The molecule has 1 fully saturated rings. The predicted octanol–water partition coefficient (Wildman–Crippen LogP) is 0.207. The highest BCUT2D eigenvalue weighted by Crippen LogP contribution is 2.23. The molecule has 0 aliphatic carbocycles. The third-order valence-corrected chi connectivity index (χ3v) is 4.23. The molecule has 1 unspecified atom stereocenters. The molecule has 1 heterocycles. The number of benzene rings is 1. The molecular formula is C17H26N3O3+. The molecule has 1 aliphatic heterocycles. The van der Waals surface area contributed by atoms with Crippen molar-refractivity contribution in [2.24, 2.45) is 0 Å². The largest absolute Gasteiger partial charge is 0.492 e. The lowest BCUT2D eigenvalue weighted by molar-refractivity contribution is -0.909. The number of carbonyl (C=O) groups excluding carboxylic acids is 2. The molecule has 0 aromatic heterocycles. The molecule has 0 bridgehead atoms. The minimum absolute atomic E-state index is 0.410. The lowest BCUT2D eigenvalue weighted by atomic mass is 10.2. The van der Waals surface area contributed by atoms with E-state index in [-0.39, 0.29) is 0 Å². The lowest BCUT2D eigenvalue weighted by Gasteiger charge is -2.20. The highest BCUT2D eigenvalue weighted by molar-refractivity contribution is 6.39. The average Bonchev–Trinajstić information content (AvgIpc) is 3.02. The number of hydrogen-bond donors (Lipinski definition) is 3. The van der Waals surface area contributed by atoms with Gasteiger partial charge < -0.3 is 20.3 Å². The lowest BCUT2D eigenvalue weighted by Crippen LogP contribution is -3.14. The van der Waals surface area contributed by atoms with Crippen molar-refractivity contribution in [1.82, 2.24) is 5.32 Å². The van der Waals surface area contributed by atoms with Crippen molar-refractivity contribution in [3.63, 3.8) is 0 Å². The van der Waals surface area contributed by atoms with Crippen molar-refractivity contribution in [1.29, 1.82) is 0 Å². The van der Waals surface area contributed by atoms with Gasteiger partial charge in [-0.3, -0.25) is 9.59 Å². The van der Waals surface area contributed by atoms with E-state index in [2.05, 4.69) is 17.6 Å². The second-order valence-corrected chi connectivity index (χ2v) is 5.69. The summed E-state index contributed by atoms with van der Waals surface area (Å²) in [6.07, 6.45) is 2.27. The Kier molecular flexibility index (Phi) is 6.40. The number of quaternary nitrogens is 1. The van der Waals surface area contributed by atoms with Crippen LogP contribution < -0.4 is 20.3 Å². The molecule has 23 heavy (non-hydrogen) atoms. The number of hydrogen-bond acceptors (Lipinski definition) is 3. The summed E-state index contributed by atoms with van der Waals surface area (Å²) in [5, 5.41) is 5.36. The fourth-order valence-electron chi connectivity index (χ4n) is 3.02. The van der Waals surface area contributed by atoms with E-state index in [1.54, 1.807) is 18.2 Å². The Morgan fingerprint density at radius 1 is 1.26 bits per heavy atom. The highest BCUT2D eigenvalue weighted by Gasteiger charge is 2.28. The van der Waals surface area contributed by atoms with Gasteiger partial charge in [-0.05, 0) is 26.0 Å². The Balaban J connectivity index is 1.87. The Hall–Kier alpha value is -2.08. The van der Waals surface area contributed by atoms with Crippen LogP contribution >= 0.6 is 0 Å². The van der Waals surface area contributed by atoms with Gasteiger partial charge in [0.2, 0.25) is 0 Å². The number of ether oxygens (including phenoxy) is 1. The van der Waals surface area contributed by atoms with Crippen molar-refractivity contribution in [3.8, 4) is 5.75 Å². The molecular weight excluding hydrogens is 294 g/mol. The van der Waals surface area contributed by atoms with E-state index in [1.165, 1.54) is 11.3 Å². The molecule has 1 aromatic carbocycles. The quantitative estimate of drug-likeness (QED) is 0.656. The number of likely N-dealkylation sites (tertiary alicyclic amines) is 1. The highest BCUT2D eigenvalue weighted by atomic mass is 16.5. The summed E-state index contributed by atoms with van der Waals surface area (Å²) in [6, 6.07) is 7.50. The minimum atomic E-state index is -0.659. The topological polar surface area (TPSA) is 71.9 Å². The fourth-order valence-corrected chi connectivity index (χ4v) is 3.02. The second kappa shape index (κ2) is 8.53. The minimum Gasteiger partial charge on any atom is -0.492 e. The third kappa shape index (κ3) is 4.69. The number of amides is 2. The molecule has 0 spiro atoms. The maximum atomic E-state index is 12.0. The maximum Gasteiger partial charge on any atom is 0.313 e. The number of para-hydroxylation sites is 2. The second-order valence-electron chi connectivity index (χ2n) is 5.69. The van der Waals surface area contributed by atoms with Crippen LogP contribution in [0, 0.1) is 0 Å². The Labute approximate surface area is 137 Å². The first-order chi connectivity index (χ1) is 11.2. The third-order valence-electron chi connectivity index (χ3n) is 4.23. The van der Waals surface area contributed by atoms with E-state index in [0.717, 1.165) is 19.5 Å². The van der Waals surface area contributed by atoms with Crippen LogP contribution in [0.4, 0.5) is 5.69 Å². The monoisotopic (exact) mass is 320 g/mol. The van der Waals surface area contributed by atoms with E-state index >= 15 is 0 Å². The standard InChI is InChI=1S/C17H25N3O3/c1-3-20-11-7-8-13(20)12-18-16(21)17(22)19-14-9-5-6-10-15(14)23-4-2/h5-6,9-10,13H,3-4,7-8,11-12H2,1-2H3,(H,18,21)(H,19,22)/p+1/t13-/m0/s1. The van der Waals surface area contributed by atoms with Gasteiger partial charge in [-0.25, -0.2) is 0 Å². The molecule has 1 saturated heterocycles. The molecule has 1 aromatic rings. The van der Waals surface area contributed by atoms with Crippen LogP contribution in [0.3, 0.4) is 0 Å². The summed E-state index contributed by atoms with van der Waals surface area (Å²) in [5.74, 6) is -0.694. The first kappa shape index (κ1) is 17.3. The smallest absolute Gasteiger partial charge is 0.313 e. The summed E-state index contributed by atoms with van der Waals surface area (Å²) in [4.78, 5) is 25.5. The van der Waals surface area contributed by atoms with Gasteiger partial charge in [-0.2, -0.15) is 0 Å². The molecule has 6 heteroatoms. The van der Waals surface area contributed by atoms with E-state index in [1.807, 2.05) is 13.0 Å². The molecule has 6 nitrogen and oxygen atoms in total. The van der Waals surface area contributed by atoms with Gasteiger partial charge in [0.15, 0.2) is 0 Å². The summed E-state index contributed by atoms with van der Waals surface area (Å²) >= 11 is 0. The Morgan fingerprint density at radius 2 is 2.04 bits per heavy atom. The van der Waals surface area contributed by atoms with Crippen molar-refractivity contribution < 1.29 is 19.2 Å². The number of anilines is 1. The van der Waals surface area contributed by atoms with E-state index in [9.17, 15) is 9.59 Å². The van der Waals surface area contributed by atoms with Crippen LogP contribution in [-0.2, 0) is 9.59 Å². The van der Waals surface area contributed by atoms with Crippen LogP contribution in [0.5, 0.6) is 5.75 Å². The zero-order valence-electron chi connectivity index (χ0n) is 13.9.